The first kappa shape index (κ1) is 25.0. The molecule has 3 rings (SSSR count). The van der Waals surface area contributed by atoms with E-state index in [0.717, 1.165) is 48.6 Å². The Hall–Kier alpha value is -2.68. The fourth-order valence-electron chi connectivity index (χ4n) is 3.22. The Kier molecular flexibility index (Phi) is 7.62. The number of aryl methyl sites for hydroxylation is 2. The number of hydrogen-bond acceptors (Lipinski definition) is 6. The van der Waals surface area contributed by atoms with Crippen LogP contribution in [0.15, 0.2) is 34.7 Å². The highest BCUT2D eigenvalue weighted by atomic mass is 35.5. The quantitative estimate of drug-likeness (QED) is 0.359. The van der Waals surface area contributed by atoms with Gasteiger partial charge in [0.1, 0.15) is 30.3 Å². The molecule has 6 nitrogen and oxygen atoms in total. The highest BCUT2D eigenvalue weighted by Crippen LogP contribution is 2.31. The van der Waals surface area contributed by atoms with E-state index in [-0.39, 0.29) is 29.6 Å². The van der Waals surface area contributed by atoms with Crippen LogP contribution in [0.4, 0.5) is 13.2 Å². The molecule has 0 bridgehead atoms. The summed E-state index contributed by atoms with van der Waals surface area (Å²) in [7, 11) is 0. The lowest BCUT2D eigenvalue weighted by Crippen LogP contribution is -2.24. The van der Waals surface area contributed by atoms with Crippen molar-refractivity contribution in [2.45, 2.75) is 53.1 Å². The number of pyridine rings is 2. The van der Waals surface area contributed by atoms with Crippen LogP contribution in [0.1, 0.15) is 61.8 Å². The number of oxime groups is 2. The summed E-state index contributed by atoms with van der Waals surface area (Å²) < 4.78 is 38.3. The molecule has 2 heterocycles. The van der Waals surface area contributed by atoms with Gasteiger partial charge in [0.25, 0.3) is 0 Å². The minimum atomic E-state index is -4.52. The molecule has 0 amide bonds. The Morgan fingerprint density at radius 3 is 2.58 bits per heavy atom. The molecule has 0 aromatic carbocycles. The van der Waals surface area contributed by atoms with E-state index in [9.17, 15) is 13.2 Å². The third kappa shape index (κ3) is 6.66. The molecule has 0 atom stereocenters. The van der Waals surface area contributed by atoms with Crippen molar-refractivity contribution in [3.8, 4) is 0 Å². The van der Waals surface area contributed by atoms with Gasteiger partial charge in [0.05, 0.1) is 16.3 Å². The highest BCUT2D eigenvalue weighted by Gasteiger charge is 2.32. The maximum absolute atomic E-state index is 12.8. The number of aromatic nitrogens is 2. The first-order valence-corrected chi connectivity index (χ1v) is 10.9. The summed E-state index contributed by atoms with van der Waals surface area (Å²) >= 11 is 5.95. The molecule has 0 aliphatic heterocycles. The van der Waals surface area contributed by atoms with Gasteiger partial charge in [-0.3, -0.25) is 9.97 Å². The fourth-order valence-corrected chi connectivity index (χ4v) is 3.53. The van der Waals surface area contributed by atoms with Gasteiger partial charge in [-0.25, -0.2) is 0 Å². The second-order valence-electron chi connectivity index (χ2n) is 8.79. The van der Waals surface area contributed by atoms with Crippen LogP contribution in [0.2, 0.25) is 5.02 Å². The molecule has 10 heteroatoms. The van der Waals surface area contributed by atoms with Crippen LogP contribution in [-0.4, -0.2) is 34.6 Å². The van der Waals surface area contributed by atoms with Gasteiger partial charge >= 0.3 is 6.18 Å². The Morgan fingerprint density at radius 1 is 1.15 bits per heavy atom. The van der Waals surface area contributed by atoms with Gasteiger partial charge in [0, 0.05) is 17.3 Å². The summed E-state index contributed by atoms with van der Waals surface area (Å²) in [4.78, 5) is 19.4. The summed E-state index contributed by atoms with van der Waals surface area (Å²) in [6.07, 6.45) is -1.00. The predicted molar refractivity (Wildman–Crippen MR) is 121 cm³/mol. The Bertz CT molecular complexity index is 1070. The first-order chi connectivity index (χ1) is 15.5. The third-order valence-electron chi connectivity index (χ3n) is 5.05. The van der Waals surface area contributed by atoms with E-state index in [1.807, 2.05) is 26.8 Å². The molecule has 0 spiro atoms. The minimum absolute atomic E-state index is 0.129. The molecular formula is C23H26ClF3N4O2. The summed E-state index contributed by atoms with van der Waals surface area (Å²) in [6, 6.07) is 4.90. The van der Waals surface area contributed by atoms with Gasteiger partial charge in [-0.1, -0.05) is 41.8 Å². The topological polar surface area (TPSA) is 69.0 Å². The van der Waals surface area contributed by atoms with Crippen LogP contribution in [0.5, 0.6) is 0 Å². The average molecular weight is 483 g/mol. The van der Waals surface area contributed by atoms with E-state index >= 15 is 0 Å². The van der Waals surface area contributed by atoms with Crippen molar-refractivity contribution in [3.63, 3.8) is 0 Å². The normalized spacial score (nSPS) is 16.0. The molecule has 0 saturated carbocycles. The molecular weight excluding hydrogens is 457 g/mol. The van der Waals surface area contributed by atoms with Gasteiger partial charge < -0.3 is 9.68 Å². The van der Waals surface area contributed by atoms with E-state index in [1.54, 1.807) is 6.92 Å². The number of alkyl halides is 3. The summed E-state index contributed by atoms with van der Waals surface area (Å²) in [6.45, 7) is 7.85. The van der Waals surface area contributed by atoms with Crippen LogP contribution in [0, 0.1) is 12.3 Å². The van der Waals surface area contributed by atoms with Crippen molar-refractivity contribution >= 4 is 23.0 Å². The standard InChI is InChI=1S/C23H26ClF3N4O2/c1-14-8-9-16-6-5-7-19(21(16)29-14)31-33-13-22(3,4)12-32-30-15(2)20-18(24)10-17(11-28-20)23(25,26)27/h8-11H,5-7,12-13H2,1-4H3. The maximum atomic E-state index is 12.8. The Labute approximate surface area is 195 Å². The van der Waals surface area contributed by atoms with Crippen LogP contribution in [0.3, 0.4) is 0 Å². The second kappa shape index (κ2) is 10.1. The monoisotopic (exact) mass is 482 g/mol. The molecule has 0 unspecified atom stereocenters. The second-order valence-corrected chi connectivity index (χ2v) is 9.20. The fraction of sp³-hybridized carbons (Fsp3) is 0.478. The number of fused-ring (bicyclic) bond motifs is 1. The molecule has 1 aliphatic rings. The van der Waals surface area contributed by atoms with E-state index in [1.165, 1.54) is 5.56 Å². The predicted octanol–water partition coefficient (Wildman–Crippen LogP) is 5.98. The summed E-state index contributed by atoms with van der Waals surface area (Å²) in [5.41, 5.74) is 2.91. The largest absolute Gasteiger partial charge is 0.417 e. The lowest BCUT2D eigenvalue weighted by Gasteiger charge is -2.22. The van der Waals surface area contributed by atoms with Crippen molar-refractivity contribution in [2.75, 3.05) is 13.2 Å². The Balaban J connectivity index is 1.57. The average Bonchev–Trinajstić information content (AvgIpc) is 2.73. The molecule has 0 N–H and O–H groups in total. The van der Waals surface area contributed by atoms with E-state index in [0.29, 0.717) is 0 Å². The van der Waals surface area contributed by atoms with Gasteiger partial charge in [0.2, 0.25) is 0 Å². The molecule has 33 heavy (non-hydrogen) atoms. The van der Waals surface area contributed by atoms with Crippen molar-refractivity contribution < 1.29 is 22.8 Å². The number of hydrogen-bond donors (Lipinski definition) is 0. The van der Waals surface area contributed by atoms with Gasteiger partial charge in [-0.2, -0.15) is 13.2 Å². The lowest BCUT2D eigenvalue weighted by atomic mass is 9.94. The SMILES string of the molecule is CC(=NOCC(C)(C)CON=C1CCCc2ccc(C)nc21)c1ncc(C(F)(F)F)cc1Cl. The summed E-state index contributed by atoms with van der Waals surface area (Å²) in [5.74, 6) is 0. The maximum Gasteiger partial charge on any atom is 0.417 e. The van der Waals surface area contributed by atoms with Gasteiger partial charge in [0.15, 0.2) is 0 Å². The van der Waals surface area contributed by atoms with Crippen molar-refractivity contribution in [3.05, 3.63) is 57.6 Å². The van der Waals surface area contributed by atoms with Crippen molar-refractivity contribution in [2.24, 2.45) is 15.7 Å². The van der Waals surface area contributed by atoms with Crippen LogP contribution < -0.4 is 0 Å². The molecule has 0 radical (unpaired) electrons. The van der Waals surface area contributed by atoms with E-state index in [2.05, 4.69) is 26.3 Å². The van der Waals surface area contributed by atoms with Crippen molar-refractivity contribution in [1.29, 1.82) is 0 Å². The van der Waals surface area contributed by atoms with Crippen LogP contribution >= 0.6 is 11.6 Å². The van der Waals surface area contributed by atoms with E-state index in [4.69, 9.17) is 21.3 Å². The zero-order valence-electron chi connectivity index (χ0n) is 19.0. The number of halogens is 4. The highest BCUT2D eigenvalue weighted by molar-refractivity contribution is 6.33. The molecule has 0 fully saturated rings. The van der Waals surface area contributed by atoms with Crippen LogP contribution in [-0.2, 0) is 22.3 Å². The number of rotatable bonds is 7. The molecule has 2 aromatic heterocycles. The first-order valence-electron chi connectivity index (χ1n) is 10.5. The zero-order valence-corrected chi connectivity index (χ0v) is 19.7. The van der Waals surface area contributed by atoms with Crippen LogP contribution in [0.25, 0.3) is 0 Å². The summed E-state index contributed by atoms with van der Waals surface area (Å²) in [5, 5.41) is 8.13. The molecule has 1 aliphatic carbocycles. The van der Waals surface area contributed by atoms with Gasteiger partial charge in [-0.05, 0) is 50.8 Å². The lowest BCUT2D eigenvalue weighted by molar-refractivity contribution is -0.137. The molecule has 2 aromatic rings. The number of nitrogens with zero attached hydrogens (tertiary/aromatic N) is 4. The smallest absolute Gasteiger partial charge is 0.395 e. The van der Waals surface area contributed by atoms with Gasteiger partial charge in [-0.15, -0.1) is 0 Å². The minimum Gasteiger partial charge on any atom is -0.395 e. The van der Waals surface area contributed by atoms with E-state index < -0.39 is 17.2 Å². The molecule has 0 saturated heterocycles. The van der Waals surface area contributed by atoms with Crippen molar-refractivity contribution in [1.82, 2.24) is 9.97 Å². The third-order valence-corrected chi connectivity index (χ3v) is 5.34. The zero-order chi connectivity index (χ0) is 24.2. The Morgan fingerprint density at radius 2 is 1.88 bits per heavy atom. The molecule has 178 valence electrons.